The van der Waals surface area contributed by atoms with E-state index in [1.165, 1.54) is 0 Å². The minimum absolute atomic E-state index is 0.0409. The van der Waals surface area contributed by atoms with Crippen LogP contribution in [0.25, 0.3) is 0 Å². The normalized spacial score (nSPS) is 14.1. The number of anilines is 1. The Hall–Kier alpha value is -3.29. The summed E-state index contributed by atoms with van der Waals surface area (Å²) < 4.78 is 16.2. The molecule has 1 aliphatic rings. The van der Waals surface area contributed by atoms with Crippen molar-refractivity contribution in [1.29, 1.82) is 0 Å². The third-order valence-electron chi connectivity index (χ3n) is 5.53. The Morgan fingerprint density at radius 1 is 1.03 bits per heavy atom. The molecule has 1 aromatic carbocycles. The van der Waals surface area contributed by atoms with E-state index in [9.17, 15) is 9.59 Å². The van der Waals surface area contributed by atoms with Gasteiger partial charge in [-0.2, -0.15) is 0 Å². The molecule has 0 saturated carbocycles. The van der Waals surface area contributed by atoms with E-state index in [0.29, 0.717) is 61.8 Å². The van der Waals surface area contributed by atoms with Crippen molar-refractivity contribution in [1.82, 2.24) is 9.88 Å². The maximum atomic E-state index is 12.7. The van der Waals surface area contributed by atoms with Crippen LogP contribution in [0.4, 0.5) is 5.82 Å². The molecule has 166 valence electrons. The summed E-state index contributed by atoms with van der Waals surface area (Å²) in [7, 11) is 4.70. The summed E-state index contributed by atoms with van der Waals surface area (Å²) in [5.41, 5.74) is 0.887. The predicted molar refractivity (Wildman–Crippen MR) is 117 cm³/mol. The number of carbonyl (C=O) groups excluding carboxylic acids is 2. The van der Waals surface area contributed by atoms with Gasteiger partial charge < -0.3 is 24.4 Å². The molecule has 31 heavy (non-hydrogen) atoms. The fraction of sp³-hybridized carbons (Fsp3) is 0.435. The Bertz CT molecular complexity index is 896. The largest absolute Gasteiger partial charge is 0.493 e. The maximum absolute atomic E-state index is 12.7. The van der Waals surface area contributed by atoms with Crippen LogP contribution in [-0.4, -0.2) is 56.1 Å². The molecular weight excluding hydrogens is 398 g/mol. The van der Waals surface area contributed by atoms with Crippen molar-refractivity contribution in [2.45, 2.75) is 25.7 Å². The van der Waals surface area contributed by atoms with Crippen LogP contribution in [0.1, 0.15) is 24.8 Å². The van der Waals surface area contributed by atoms with Crippen LogP contribution in [0.5, 0.6) is 17.2 Å². The summed E-state index contributed by atoms with van der Waals surface area (Å²) in [4.78, 5) is 31.1. The number of pyridine rings is 1. The summed E-state index contributed by atoms with van der Waals surface area (Å²) in [5, 5.41) is 2.85. The van der Waals surface area contributed by atoms with E-state index in [-0.39, 0.29) is 17.7 Å². The molecule has 1 aromatic heterocycles. The van der Waals surface area contributed by atoms with Gasteiger partial charge in [0, 0.05) is 31.6 Å². The number of benzene rings is 1. The van der Waals surface area contributed by atoms with Gasteiger partial charge >= 0.3 is 0 Å². The Morgan fingerprint density at radius 2 is 1.77 bits per heavy atom. The second kappa shape index (κ2) is 10.7. The van der Waals surface area contributed by atoms with Gasteiger partial charge in [-0.25, -0.2) is 4.98 Å². The maximum Gasteiger partial charge on any atom is 0.228 e. The van der Waals surface area contributed by atoms with E-state index >= 15 is 0 Å². The van der Waals surface area contributed by atoms with E-state index in [4.69, 9.17) is 14.2 Å². The number of piperidine rings is 1. The third kappa shape index (κ3) is 5.45. The van der Waals surface area contributed by atoms with E-state index in [1.807, 2.05) is 23.1 Å². The number of hydrogen-bond donors (Lipinski definition) is 1. The third-order valence-corrected chi connectivity index (χ3v) is 5.53. The number of nitrogens with zero attached hydrogens (tertiary/aromatic N) is 2. The van der Waals surface area contributed by atoms with Crippen LogP contribution in [0.2, 0.25) is 0 Å². The van der Waals surface area contributed by atoms with Gasteiger partial charge in [0.1, 0.15) is 5.82 Å². The van der Waals surface area contributed by atoms with Crippen molar-refractivity contribution in [3.63, 3.8) is 0 Å². The van der Waals surface area contributed by atoms with Gasteiger partial charge in [0.15, 0.2) is 11.5 Å². The average Bonchev–Trinajstić information content (AvgIpc) is 2.82. The molecule has 0 unspecified atom stereocenters. The fourth-order valence-electron chi connectivity index (χ4n) is 3.82. The molecule has 1 N–H and O–H groups in total. The first-order valence-corrected chi connectivity index (χ1v) is 10.3. The van der Waals surface area contributed by atoms with Crippen molar-refractivity contribution in [2.75, 3.05) is 39.7 Å². The zero-order valence-electron chi connectivity index (χ0n) is 18.2. The topological polar surface area (TPSA) is 90.0 Å². The lowest BCUT2D eigenvalue weighted by Gasteiger charge is -2.31. The van der Waals surface area contributed by atoms with Crippen LogP contribution in [0.15, 0.2) is 36.5 Å². The van der Waals surface area contributed by atoms with Gasteiger partial charge in [-0.3, -0.25) is 9.59 Å². The number of aromatic nitrogens is 1. The Balaban J connectivity index is 1.52. The first kappa shape index (κ1) is 22.4. The van der Waals surface area contributed by atoms with Gasteiger partial charge in [0.25, 0.3) is 0 Å². The number of ether oxygens (including phenoxy) is 3. The zero-order chi connectivity index (χ0) is 22.2. The molecule has 8 heteroatoms. The quantitative estimate of drug-likeness (QED) is 0.697. The molecule has 2 heterocycles. The smallest absolute Gasteiger partial charge is 0.228 e. The SMILES string of the molecule is COc1ccc(CCC(=O)N2CCC(C(=O)Nc3ccccn3)CC2)c(OC)c1OC. The Labute approximate surface area is 182 Å². The molecule has 1 saturated heterocycles. The molecule has 2 aromatic rings. The lowest BCUT2D eigenvalue weighted by molar-refractivity contribution is -0.134. The van der Waals surface area contributed by atoms with E-state index < -0.39 is 0 Å². The molecule has 0 atom stereocenters. The summed E-state index contributed by atoms with van der Waals surface area (Å²) >= 11 is 0. The molecule has 0 bridgehead atoms. The number of hydrogen-bond acceptors (Lipinski definition) is 6. The first-order valence-electron chi connectivity index (χ1n) is 10.3. The van der Waals surface area contributed by atoms with E-state index in [1.54, 1.807) is 39.7 Å². The molecule has 3 rings (SSSR count). The Morgan fingerprint density at radius 3 is 2.39 bits per heavy atom. The lowest BCUT2D eigenvalue weighted by atomic mass is 9.95. The van der Waals surface area contributed by atoms with Crippen LogP contribution < -0.4 is 19.5 Å². The van der Waals surface area contributed by atoms with Crippen LogP contribution in [0.3, 0.4) is 0 Å². The molecule has 1 aliphatic heterocycles. The first-order chi connectivity index (χ1) is 15.1. The van der Waals surface area contributed by atoms with Crippen LogP contribution >= 0.6 is 0 Å². The number of amides is 2. The van der Waals surface area contributed by atoms with Crippen molar-refractivity contribution in [3.05, 3.63) is 42.1 Å². The van der Waals surface area contributed by atoms with Crippen molar-refractivity contribution >= 4 is 17.6 Å². The zero-order valence-corrected chi connectivity index (χ0v) is 18.2. The molecular formula is C23H29N3O5. The summed E-state index contributed by atoms with van der Waals surface area (Å²) in [6.07, 6.45) is 3.82. The standard InChI is InChI=1S/C23H29N3O5/c1-29-18-9-7-16(21(30-2)22(18)31-3)8-10-20(27)26-14-11-17(12-15-26)23(28)25-19-6-4-5-13-24-19/h4-7,9,13,17H,8,10-12,14-15H2,1-3H3,(H,24,25,28). The van der Waals surface area contributed by atoms with Gasteiger partial charge in [-0.1, -0.05) is 12.1 Å². The van der Waals surface area contributed by atoms with Gasteiger partial charge in [0.05, 0.1) is 21.3 Å². The molecule has 0 spiro atoms. The van der Waals surface area contributed by atoms with Gasteiger partial charge in [-0.15, -0.1) is 0 Å². The second-order valence-corrected chi connectivity index (χ2v) is 7.35. The number of methoxy groups -OCH3 is 3. The van der Waals surface area contributed by atoms with Crippen molar-refractivity contribution < 1.29 is 23.8 Å². The van der Waals surface area contributed by atoms with Gasteiger partial charge in [0.2, 0.25) is 17.6 Å². The lowest BCUT2D eigenvalue weighted by Crippen LogP contribution is -2.41. The highest BCUT2D eigenvalue weighted by molar-refractivity contribution is 5.91. The molecule has 0 aliphatic carbocycles. The van der Waals surface area contributed by atoms with Crippen LogP contribution in [-0.2, 0) is 16.0 Å². The summed E-state index contributed by atoms with van der Waals surface area (Å²) in [6.45, 7) is 1.14. The number of aryl methyl sites for hydroxylation is 1. The molecule has 8 nitrogen and oxygen atoms in total. The van der Waals surface area contributed by atoms with Crippen molar-refractivity contribution in [2.24, 2.45) is 5.92 Å². The van der Waals surface area contributed by atoms with E-state index in [2.05, 4.69) is 10.3 Å². The van der Waals surface area contributed by atoms with Crippen molar-refractivity contribution in [3.8, 4) is 17.2 Å². The number of carbonyl (C=O) groups is 2. The average molecular weight is 428 g/mol. The predicted octanol–water partition coefficient (Wildman–Crippen LogP) is 2.92. The number of likely N-dealkylation sites (tertiary alicyclic amines) is 1. The van der Waals surface area contributed by atoms with Gasteiger partial charge in [-0.05, 0) is 43.0 Å². The van der Waals surface area contributed by atoms with E-state index in [0.717, 1.165) is 5.56 Å². The minimum Gasteiger partial charge on any atom is -0.493 e. The molecule has 0 radical (unpaired) electrons. The summed E-state index contributed by atoms with van der Waals surface area (Å²) in [5.74, 6) is 2.16. The highest BCUT2D eigenvalue weighted by Gasteiger charge is 2.27. The minimum atomic E-state index is -0.114. The fourth-order valence-corrected chi connectivity index (χ4v) is 3.82. The second-order valence-electron chi connectivity index (χ2n) is 7.35. The molecule has 1 fully saturated rings. The van der Waals surface area contributed by atoms with Crippen LogP contribution in [0, 0.1) is 5.92 Å². The summed E-state index contributed by atoms with van der Waals surface area (Å²) in [6, 6.07) is 9.10. The number of nitrogens with one attached hydrogen (secondary N) is 1. The number of rotatable bonds is 8. The Kier molecular flexibility index (Phi) is 7.70. The highest BCUT2D eigenvalue weighted by atomic mass is 16.5. The highest BCUT2D eigenvalue weighted by Crippen LogP contribution is 2.40. The monoisotopic (exact) mass is 427 g/mol. The molecule has 2 amide bonds.